The van der Waals surface area contributed by atoms with Crippen molar-refractivity contribution in [3.63, 3.8) is 0 Å². The van der Waals surface area contributed by atoms with Crippen molar-refractivity contribution in [3.05, 3.63) is 35.8 Å². The second kappa shape index (κ2) is 7.16. The van der Waals surface area contributed by atoms with Crippen LogP contribution in [0, 0.1) is 5.92 Å². The molecule has 1 aliphatic carbocycles. The molecule has 0 unspecified atom stereocenters. The molecule has 1 aliphatic rings. The van der Waals surface area contributed by atoms with Gasteiger partial charge in [-0.15, -0.1) is 0 Å². The Morgan fingerprint density at radius 2 is 2.08 bits per heavy atom. The van der Waals surface area contributed by atoms with E-state index in [1.54, 1.807) is 17.5 Å². The van der Waals surface area contributed by atoms with Crippen LogP contribution in [0.5, 0.6) is 0 Å². The van der Waals surface area contributed by atoms with E-state index >= 15 is 0 Å². The molecule has 0 radical (unpaired) electrons. The monoisotopic (exact) mass is 327 g/mol. The Hall–Kier alpha value is -2.17. The Kier molecular flexibility index (Phi) is 4.97. The van der Waals surface area contributed by atoms with E-state index in [4.69, 9.17) is 9.72 Å². The molecule has 2 aromatic rings. The highest BCUT2D eigenvalue weighted by molar-refractivity contribution is 5.88. The van der Waals surface area contributed by atoms with Crippen LogP contribution < -0.4 is 0 Å². The maximum atomic E-state index is 11.9. The van der Waals surface area contributed by atoms with Crippen molar-refractivity contribution in [2.24, 2.45) is 5.92 Å². The largest absolute Gasteiger partial charge is 0.461 e. The fraction of sp³-hybridized carbons (Fsp3) is 0.526. The van der Waals surface area contributed by atoms with Crippen LogP contribution in [0.1, 0.15) is 67.8 Å². The Morgan fingerprint density at radius 3 is 2.75 bits per heavy atom. The third kappa shape index (κ3) is 3.50. The van der Waals surface area contributed by atoms with Gasteiger partial charge in [-0.25, -0.2) is 14.3 Å². The van der Waals surface area contributed by atoms with Crippen LogP contribution in [-0.2, 0) is 11.2 Å². The number of carbonyl (C=O) groups is 1. The molecule has 24 heavy (non-hydrogen) atoms. The van der Waals surface area contributed by atoms with Crippen LogP contribution in [-0.4, -0.2) is 27.2 Å². The Morgan fingerprint density at radius 1 is 1.33 bits per heavy atom. The van der Waals surface area contributed by atoms with Gasteiger partial charge < -0.3 is 4.74 Å². The van der Waals surface area contributed by atoms with Crippen LogP contribution in [0.25, 0.3) is 11.2 Å². The van der Waals surface area contributed by atoms with Gasteiger partial charge >= 0.3 is 5.97 Å². The molecular formula is C19H25N3O2. The molecule has 2 heterocycles. The zero-order valence-corrected chi connectivity index (χ0v) is 14.5. The number of esters is 1. The van der Waals surface area contributed by atoms with Crippen molar-refractivity contribution in [2.75, 3.05) is 6.61 Å². The molecule has 0 amide bonds. The summed E-state index contributed by atoms with van der Waals surface area (Å²) in [6.45, 7) is 8.12. The topological polar surface area (TPSA) is 56.5 Å². The number of nitrogens with zero attached hydrogens (tertiary/aromatic N) is 3. The molecule has 5 nitrogen and oxygen atoms in total. The van der Waals surface area contributed by atoms with Gasteiger partial charge in [-0.05, 0) is 37.8 Å². The Balaban J connectivity index is 1.96. The molecule has 0 atom stereocenters. The van der Waals surface area contributed by atoms with E-state index in [-0.39, 0.29) is 0 Å². The number of hydrogen-bond acceptors (Lipinski definition) is 4. The minimum Gasteiger partial charge on any atom is -0.461 e. The Labute approximate surface area is 142 Å². The second-order valence-corrected chi connectivity index (χ2v) is 6.64. The van der Waals surface area contributed by atoms with Gasteiger partial charge in [-0.2, -0.15) is 5.10 Å². The van der Waals surface area contributed by atoms with Gasteiger partial charge in [0, 0.05) is 11.8 Å². The molecule has 0 saturated heterocycles. The summed E-state index contributed by atoms with van der Waals surface area (Å²) in [7, 11) is 0. The first kappa shape index (κ1) is 16.7. The minimum atomic E-state index is -0.413. The van der Waals surface area contributed by atoms with Gasteiger partial charge in [0.15, 0.2) is 11.3 Å². The number of hydrogen-bond donors (Lipinski definition) is 0. The lowest BCUT2D eigenvalue weighted by molar-refractivity contribution is 0.0519. The van der Waals surface area contributed by atoms with Gasteiger partial charge in [0.1, 0.15) is 0 Å². The highest BCUT2D eigenvalue weighted by atomic mass is 16.5. The van der Waals surface area contributed by atoms with Gasteiger partial charge in [-0.1, -0.05) is 38.7 Å². The molecule has 0 spiro atoms. The first-order valence-corrected chi connectivity index (χ1v) is 8.81. The number of allylic oxidation sites excluding steroid dienone is 1. The number of aromatic nitrogens is 3. The van der Waals surface area contributed by atoms with Crippen molar-refractivity contribution in [1.82, 2.24) is 14.6 Å². The number of fused-ring (bicyclic) bond motifs is 1. The molecule has 0 aromatic carbocycles. The summed E-state index contributed by atoms with van der Waals surface area (Å²) in [4.78, 5) is 16.7. The maximum Gasteiger partial charge on any atom is 0.358 e. The van der Waals surface area contributed by atoms with E-state index in [1.165, 1.54) is 32.1 Å². The molecule has 0 bridgehead atoms. The molecule has 0 N–H and O–H groups in total. The molecule has 1 saturated carbocycles. The van der Waals surface area contributed by atoms with Crippen molar-refractivity contribution >= 4 is 17.2 Å². The number of rotatable bonds is 5. The van der Waals surface area contributed by atoms with Gasteiger partial charge in [0.05, 0.1) is 12.3 Å². The van der Waals surface area contributed by atoms with Crippen LogP contribution in [0.15, 0.2) is 18.7 Å². The lowest BCUT2D eigenvalue weighted by Gasteiger charge is -2.21. The van der Waals surface area contributed by atoms with Crippen molar-refractivity contribution in [3.8, 4) is 0 Å². The maximum absolute atomic E-state index is 11.9. The normalized spacial score (nSPS) is 15.6. The average molecular weight is 327 g/mol. The summed E-state index contributed by atoms with van der Waals surface area (Å²) in [6, 6.07) is 3.76. The highest BCUT2D eigenvalue weighted by Gasteiger charge is 2.18. The summed E-state index contributed by atoms with van der Waals surface area (Å²) < 4.78 is 6.74. The van der Waals surface area contributed by atoms with E-state index in [0.29, 0.717) is 23.9 Å². The second-order valence-electron chi connectivity index (χ2n) is 6.64. The predicted octanol–water partition coefficient (Wildman–Crippen LogP) is 4.06. The standard InChI is InChI=1S/C19H25N3O2/c1-4-24-19(23)16-12-18-20-15(10-14-8-6-5-7-9-14)11-17(13(2)3)22(18)21-16/h11-12,14H,2,4-10H2,1,3H3. The molecule has 0 aliphatic heterocycles. The third-order valence-corrected chi connectivity index (χ3v) is 4.62. The molecular weight excluding hydrogens is 302 g/mol. The van der Waals surface area contributed by atoms with E-state index in [0.717, 1.165) is 23.4 Å². The summed E-state index contributed by atoms with van der Waals surface area (Å²) in [5.41, 5.74) is 3.85. The summed E-state index contributed by atoms with van der Waals surface area (Å²) in [5, 5.41) is 4.36. The Bertz CT molecular complexity index is 757. The molecule has 2 aromatic heterocycles. The molecule has 5 heteroatoms. The van der Waals surface area contributed by atoms with Crippen LogP contribution in [0.3, 0.4) is 0 Å². The fourth-order valence-corrected chi connectivity index (χ4v) is 3.43. The SMILES string of the molecule is C=C(C)c1cc(CC2CCCCC2)nc2cc(C(=O)OCC)nn12. The van der Waals surface area contributed by atoms with E-state index in [9.17, 15) is 4.79 Å². The lowest BCUT2D eigenvalue weighted by atomic mass is 9.86. The van der Waals surface area contributed by atoms with Crippen LogP contribution in [0.4, 0.5) is 0 Å². The summed E-state index contributed by atoms with van der Waals surface area (Å²) in [6.07, 6.45) is 7.54. The van der Waals surface area contributed by atoms with Crippen molar-refractivity contribution < 1.29 is 9.53 Å². The van der Waals surface area contributed by atoms with Crippen LogP contribution >= 0.6 is 0 Å². The average Bonchev–Trinajstić information content (AvgIpc) is 2.99. The summed E-state index contributed by atoms with van der Waals surface area (Å²) >= 11 is 0. The predicted molar refractivity (Wildman–Crippen MR) is 93.9 cm³/mol. The van der Waals surface area contributed by atoms with Gasteiger partial charge in [-0.3, -0.25) is 0 Å². The smallest absolute Gasteiger partial charge is 0.358 e. The van der Waals surface area contributed by atoms with Gasteiger partial charge in [0.2, 0.25) is 0 Å². The highest BCUT2D eigenvalue weighted by Crippen LogP contribution is 2.27. The first-order chi connectivity index (χ1) is 11.6. The fourth-order valence-electron chi connectivity index (χ4n) is 3.43. The number of carbonyl (C=O) groups excluding carboxylic acids is 1. The van der Waals surface area contributed by atoms with Crippen molar-refractivity contribution in [1.29, 1.82) is 0 Å². The lowest BCUT2D eigenvalue weighted by Crippen LogP contribution is -2.11. The van der Waals surface area contributed by atoms with Gasteiger partial charge in [0.25, 0.3) is 0 Å². The third-order valence-electron chi connectivity index (χ3n) is 4.62. The minimum absolute atomic E-state index is 0.293. The zero-order valence-electron chi connectivity index (χ0n) is 14.5. The number of ether oxygens (including phenoxy) is 1. The molecule has 3 rings (SSSR count). The molecule has 128 valence electrons. The summed E-state index contributed by atoms with van der Waals surface area (Å²) in [5.74, 6) is 0.295. The quantitative estimate of drug-likeness (QED) is 0.777. The zero-order chi connectivity index (χ0) is 17.1. The van der Waals surface area contributed by atoms with E-state index in [2.05, 4.69) is 17.7 Å². The van der Waals surface area contributed by atoms with E-state index < -0.39 is 5.97 Å². The molecule has 1 fully saturated rings. The van der Waals surface area contributed by atoms with Crippen LogP contribution in [0.2, 0.25) is 0 Å². The first-order valence-electron chi connectivity index (χ1n) is 8.81. The van der Waals surface area contributed by atoms with Crippen molar-refractivity contribution in [2.45, 2.75) is 52.4 Å². The van der Waals surface area contributed by atoms with E-state index in [1.807, 2.05) is 6.92 Å².